The molecule has 0 rings (SSSR count). The number of aliphatic imine (C=N–C) groups is 1. The summed E-state index contributed by atoms with van der Waals surface area (Å²) < 4.78 is 11.1. The molecule has 0 atom stereocenters. The molecule has 0 fully saturated rings. The topological polar surface area (TPSA) is 29.4 Å². The van der Waals surface area contributed by atoms with Crippen LogP contribution in [0.15, 0.2) is 17.6 Å². The summed E-state index contributed by atoms with van der Waals surface area (Å²) in [6.45, 7) is 5.91. The highest BCUT2D eigenvalue weighted by molar-refractivity contribution is 8.34. The van der Waals surface area contributed by atoms with Crippen LogP contribution in [-0.4, -0.2) is 22.1 Å². The van der Waals surface area contributed by atoms with Crippen LogP contribution in [0.2, 0.25) is 0 Å². The highest BCUT2D eigenvalue weighted by Gasteiger charge is 2.07. The summed E-state index contributed by atoms with van der Waals surface area (Å²) in [4.78, 5) is 3.92. The van der Waals surface area contributed by atoms with E-state index in [0.29, 0.717) is 11.6 Å². The third-order valence-electron chi connectivity index (χ3n) is 0.912. The van der Waals surface area contributed by atoms with Gasteiger partial charge in [0.15, 0.2) is 0 Å². The monoisotopic (exact) mass is 181 g/mol. The number of hydrogen-bond donors (Lipinski definition) is 1. The van der Waals surface area contributed by atoms with Crippen molar-refractivity contribution in [2.24, 2.45) is 4.99 Å². The molecule has 10 heavy (non-hydrogen) atoms. The van der Waals surface area contributed by atoms with Crippen molar-refractivity contribution < 1.29 is 4.21 Å². The molecule has 0 unspecified atom stereocenters. The molecule has 0 aromatic heterocycles. The standard InChI is InChI=1S/C6H12ClNOS/c1-4-6(8-5-2)10(3,7)9/h4,10H,1,5H2,2-3H3/b8-6+. The van der Waals surface area contributed by atoms with E-state index in [1.54, 1.807) is 0 Å². The van der Waals surface area contributed by atoms with E-state index in [2.05, 4.69) is 11.6 Å². The molecule has 0 aliphatic heterocycles. The second kappa shape index (κ2) is 3.88. The molecule has 0 spiro atoms. The lowest BCUT2D eigenvalue weighted by molar-refractivity contribution is 0.690. The third kappa shape index (κ3) is 3.13. The number of thiol groups is 1. The van der Waals surface area contributed by atoms with Gasteiger partial charge in [-0.15, -0.1) is 0 Å². The zero-order chi connectivity index (χ0) is 8.20. The number of halogens is 1. The molecular weight excluding hydrogens is 170 g/mol. The molecule has 0 saturated carbocycles. The maximum absolute atomic E-state index is 11.1. The molecule has 60 valence electrons. The number of nitrogens with zero attached hydrogens (tertiary/aromatic N) is 1. The Morgan fingerprint density at radius 2 is 2.40 bits per heavy atom. The summed E-state index contributed by atoms with van der Waals surface area (Å²) in [5.41, 5.74) is 0. The van der Waals surface area contributed by atoms with Gasteiger partial charge in [-0.3, -0.25) is 9.20 Å². The van der Waals surface area contributed by atoms with Crippen LogP contribution >= 0.6 is 10.7 Å². The predicted molar refractivity (Wildman–Crippen MR) is 49.5 cm³/mol. The van der Waals surface area contributed by atoms with Crippen molar-refractivity contribution in [1.29, 1.82) is 0 Å². The van der Waals surface area contributed by atoms with Crippen LogP contribution in [0, 0.1) is 0 Å². The molecule has 0 aliphatic carbocycles. The van der Waals surface area contributed by atoms with E-state index < -0.39 is 9.15 Å². The summed E-state index contributed by atoms with van der Waals surface area (Å²) in [5.74, 6) is 0. The normalized spacial score (nSPS) is 14.9. The molecule has 0 bridgehead atoms. The van der Waals surface area contributed by atoms with Gasteiger partial charge in [0.2, 0.25) is 0 Å². The maximum Gasteiger partial charge on any atom is 0.109 e. The Morgan fingerprint density at radius 1 is 1.90 bits per heavy atom. The van der Waals surface area contributed by atoms with Gasteiger partial charge in [0.1, 0.15) is 5.04 Å². The molecule has 0 saturated heterocycles. The highest BCUT2D eigenvalue weighted by Crippen LogP contribution is 2.09. The molecule has 0 aromatic rings. The highest BCUT2D eigenvalue weighted by atomic mass is 35.7. The minimum absolute atomic E-state index is 0.414. The van der Waals surface area contributed by atoms with Crippen LogP contribution in [-0.2, 0) is 9.15 Å². The van der Waals surface area contributed by atoms with Crippen molar-refractivity contribution in [3.63, 3.8) is 0 Å². The Morgan fingerprint density at radius 3 is 2.50 bits per heavy atom. The van der Waals surface area contributed by atoms with Gasteiger partial charge in [0.25, 0.3) is 0 Å². The average molecular weight is 182 g/mol. The van der Waals surface area contributed by atoms with Crippen LogP contribution in [0.1, 0.15) is 6.92 Å². The first-order chi connectivity index (χ1) is 4.52. The van der Waals surface area contributed by atoms with Crippen LogP contribution in [0.25, 0.3) is 0 Å². The quantitative estimate of drug-likeness (QED) is 0.297. The minimum Gasteiger partial charge on any atom is -0.277 e. The second-order valence-corrected chi connectivity index (χ2v) is 5.89. The van der Waals surface area contributed by atoms with Gasteiger partial charge in [0.05, 0.1) is 0 Å². The van der Waals surface area contributed by atoms with E-state index >= 15 is 0 Å². The number of rotatable bonds is 2. The van der Waals surface area contributed by atoms with Gasteiger partial charge in [-0.25, -0.2) is 0 Å². The molecule has 0 amide bonds. The average Bonchev–Trinajstić information content (AvgIpc) is 1.80. The van der Waals surface area contributed by atoms with Gasteiger partial charge < -0.3 is 0 Å². The lowest BCUT2D eigenvalue weighted by Crippen LogP contribution is -2.12. The van der Waals surface area contributed by atoms with Crippen LogP contribution in [0.4, 0.5) is 0 Å². The fourth-order valence-corrected chi connectivity index (χ4v) is 1.60. The van der Waals surface area contributed by atoms with E-state index in [9.17, 15) is 4.21 Å². The Balaban J connectivity index is 4.53. The lowest BCUT2D eigenvalue weighted by Gasteiger charge is -2.07. The first-order valence-corrected chi connectivity index (χ1v) is 6.03. The SMILES string of the molecule is C=C/C(=N\CC)[SH](C)(=O)Cl. The van der Waals surface area contributed by atoms with Crippen molar-refractivity contribution in [3.05, 3.63) is 12.7 Å². The molecule has 4 heteroatoms. The molecule has 0 N–H and O–H groups in total. The summed E-state index contributed by atoms with van der Waals surface area (Å²) >= 11 is 0. The van der Waals surface area contributed by atoms with Gasteiger partial charge in [-0.05, 0) is 23.7 Å². The molecular formula is C6H12ClNOS. The van der Waals surface area contributed by atoms with Crippen molar-refractivity contribution in [2.45, 2.75) is 6.92 Å². The summed E-state index contributed by atoms with van der Waals surface area (Å²) in [6, 6.07) is 0. The zero-order valence-corrected chi connectivity index (χ0v) is 7.82. The van der Waals surface area contributed by atoms with Crippen molar-refractivity contribution >= 4 is 24.9 Å². The van der Waals surface area contributed by atoms with Gasteiger partial charge in [-0.1, -0.05) is 6.58 Å². The summed E-state index contributed by atoms with van der Waals surface area (Å²) in [6.07, 6.45) is 2.90. The van der Waals surface area contributed by atoms with Crippen LogP contribution < -0.4 is 0 Å². The van der Waals surface area contributed by atoms with E-state index in [0.717, 1.165) is 0 Å². The fraction of sp³-hybridized carbons (Fsp3) is 0.500. The minimum atomic E-state index is -2.69. The predicted octanol–water partition coefficient (Wildman–Crippen LogP) is 1.39. The Kier molecular flexibility index (Phi) is 3.83. The van der Waals surface area contributed by atoms with Crippen LogP contribution in [0.5, 0.6) is 0 Å². The zero-order valence-electron chi connectivity index (χ0n) is 6.17. The smallest absolute Gasteiger partial charge is 0.109 e. The first kappa shape index (κ1) is 9.85. The molecule has 0 aromatic carbocycles. The van der Waals surface area contributed by atoms with E-state index in [1.165, 1.54) is 12.3 Å². The molecule has 0 aliphatic rings. The third-order valence-corrected chi connectivity index (χ3v) is 2.57. The second-order valence-electron chi connectivity index (χ2n) is 1.86. The molecule has 2 nitrogen and oxygen atoms in total. The maximum atomic E-state index is 11.1. The van der Waals surface area contributed by atoms with E-state index in [4.69, 9.17) is 10.7 Å². The van der Waals surface area contributed by atoms with Crippen molar-refractivity contribution in [3.8, 4) is 0 Å². The van der Waals surface area contributed by atoms with Gasteiger partial charge in [0, 0.05) is 21.9 Å². The molecule has 0 heterocycles. The van der Waals surface area contributed by atoms with Crippen molar-refractivity contribution in [2.75, 3.05) is 12.8 Å². The van der Waals surface area contributed by atoms with Gasteiger partial charge in [-0.2, -0.15) is 0 Å². The summed E-state index contributed by atoms with van der Waals surface area (Å²) in [5, 5.41) is 0.414. The van der Waals surface area contributed by atoms with Crippen molar-refractivity contribution in [1.82, 2.24) is 0 Å². The fourth-order valence-electron chi connectivity index (χ4n) is 0.516. The molecule has 0 radical (unpaired) electrons. The van der Waals surface area contributed by atoms with Gasteiger partial charge >= 0.3 is 0 Å². The van der Waals surface area contributed by atoms with E-state index in [1.807, 2.05) is 6.92 Å². The number of hydrogen-bond acceptors (Lipinski definition) is 2. The lowest BCUT2D eigenvalue weighted by atomic mass is 10.7. The Hall–Kier alpha value is -0.150. The Labute approximate surface area is 66.9 Å². The van der Waals surface area contributed by atoms with E-state index in [-0.39, 0.29) is 0 Å². The first-order valence-electron chi connectivity index (χ1n) is 2.97. The summed E-state index contributed by atoms with van der Waals surface area (Å²) in [7, 11) is 2.84. The Bertz CT molecular complexity index is 194. The largest absolute Gasteiger partial charge is 0.277 e. The van der Waals surface area contributed by atoms with Crippen LogP contribution in [0.3, 0.4) is 0 Å².